The molecule has 3 N–H and O–H groups in total. The molecule has 0 saturated heterocycles. The Morgan fingerprint density at radius 1 is 1.07 bits per heavy atom. The lowest BCUT2D eigenvalue weighted by atomic mass is 10.2. The monoisotopic (exact) mass is 370 g/mol. The Bertz CT molecular complexity index is 778. The second-order valence-electron chi connectivity index (χ2n) is 7.37. The third kappa shape index (κ3) is 5.40. The van der Waals surface area contributed by atoms with Crippen molar-refractivity contribution in [1.29, 1.82) is 0 Å². The normalized spacial score (nSPS) is 15.5. The lowest BCUT2D eigenvalue weighted by Crippen LogP contribution is -3.11. The van der Waals surface area contributed by atoms with Crippen molar-refractivity contribution in [3.8, 4) is 0 Å². The average Bonchev–Trinajstić information content (AvgIpc) is 3.27. The van der Waals surface area contributed by atoms with Crippen molar-refractivity contribution in [1.82, 2.24) is 9.78 Å². The van der Waals surface area contributed by atoms with Crippen LogP contribution < -0.4 is 15.5 Å². The Labute approximate surface area is 159 Å². The molecule has 1 heterocycles. The highest BCUT2D eigenvalue weighted by molar-refractivity contribution is 5.92. The highest BCUT2D eigenvalue weighted by Crippen LogP contribution is 2.31. The summed E-state index contributed by atoms with van der Waals surface area (Å²) in [5, 5.41) is 10.2. The molecule has 1 saturated carbocycles. The zero-order chi connectivity index (χ0) is 19.2. The van der Waals surface area contributed by atoms with Gasteiger partial charge in [0.1, 0.15) is 5.82 Å². The number of carbonyl (C=O) groups excluding carboxylic acids is 2. The van der Waals surface area contributed by atoms with E-state index >= 15 is 0 Å². The summed E-state index contributed by atoms with van der Waals surface area (Å²) in [6.45, 7) is 2.45. The molecule has 0 spiro atoms. The van der Waals surface area contributed by atoms with Crippen molar-refractivity contribution in [2.45, 2.75) is 38.6 Å². The Morgan fingerprint density at radius 3 is 2.37 bits per heavy atom. The maximum absolute atomic E-state index is 12.4. The molecule has 1 aromatic carbocycles. The van der Waals surface area contributed by atoms with Crippen LogP contribution in [0.5, 0.6) is 0 Å². The van der Waals surface area contributed by atoms with Crippen LogP contribution in [-0.2, 0) is 9.59 Å². The smallest absolute Gasteiger partial charge is 0.280 e. The molecule has 1 fully saturated rings. The molecule has 7 heteroatoms. The number of quaternary nitrogens is 1. The number of amides is 2. The average molecular weight is 370 g/mol. The van der Waals surface area contributed by atoms with E-state index in [1.165, 1.54) is 12.8 Å². The zero-order valence-electron chi connectivity index (χ0n) is 16.0. The highest BCUT2D eigenvalue weighted by Gasteiger charge is 2.21. The predicted octanol–water partition coefficient (Wildman–Crippen LogP) is 1.40. The predicted molar refractivity (Wildman–Crippen MR) is 105 cm³/mol. The second kappa shape index (κ2) is 8.81. The van der Waals surface area contributed by atoms with Gasteiger partial charge in [-0.15, -0.1) is 0 Å². The van der Waals surface area contributed by atoms with Crippen LogP contribution in [0.15, 0.2) is 36.5 Å². The fourth-order valence-corrected chi connectivity index (χ4v) is 3.49. The Morgan fingerprint density at radius 2 is 1.70 bits per heavy atom. The number of aryl methyl sites for hydroxylation is 1. The van der Waals surface area contributed by atoms with Crippen LogP contribution in [0.2, 0.25) is 0 Å². The van der Waals surface area contributed by atoms with Gasteiger partial charge in [-0.3, -0.25) is 9.59 Å². The van der Waals surface area contributed by atoms with E-state index < -0.39 is 0 Å². The number of rotatable bonds is 7. The highest BCUT2D eigenvalue weighted by atomic mass is 16.2. The van der Waals surface area contributed by atoms with Gasteiger partial charge in [-0.1, -0.05) is 30.5 Å². The number of anilines is 2. The molecule has 7 nitrogen and oxygen atoms in total. The number of carbonyl (C=O) groups is 2. The van der Waals surface area contributed by atoms with Gasteiger partial charge in [0.05, 0.1) is 19.3 Å². The van der Waals surface area contributed by atoms with E-state index in [9.17, 15) is 9.59 Å². The number of benzene rings is 1. The van der Waals surface area contributed by atoms with Crippen molar-refractivity contribution in [2.75, 3.05) is 30.8 Å². The molecule has 2 aromatic rings. The van der Waals surface area contributed by atoms with Gasteiger partial charge < -0.3 is 15.5 Å². The van der Waals surface area contributed by atoms with Crippen LogP contribution in [-0.4, -0.2) is 41.7 Å². The minimum absolute atomic E-state index is 0.111. The third-order valence-corrected chi connectivity index (χ3v) is 4.87. The minimum atomic E-state index is -0.115. The van der Waals surface area contributed by atoms with Gasteiger partial charge in [0, 0.05) is 11.8 Å². The van der Waals surface area contributed by atoms with Gasteiger partial charge in [-0.2, -0.15) is 5.10 Å². The number of nitrogens with zero attached hydrogens (tertiary/aromatic N) is 2. The Kier molecular flexibility index (Phi) is 6.24. The molecule has 0 bridgehead atoms. The van der Waals surface area contributed by atoms with Gasteiger partial charge in [-0.05, 0) is 31.9 Å². The molecule has 2 amide bonds. The Hall–Kier alpha value is -2.67. The number of hydrogen-bond donors (Lipinski definition) is 3. The molecule has 0 aliphatic heterocycles. The van der Waals surface area contributed by atoms with Gasteiger partial charge in [0.15, 0.2) is 13.1 Å². The first-order valence-corrected chi connectivity index (χ1v) is 9.52. The summed E-state index contributed by atoms with van der Waals surface area (Å²) in [4.78, 5) is 25.3. The molecule has 1 aliphatic rings. The quantitative estimate of drug-likeness (QED) is 0.689. The molecule has 1 aromatic heterocycles. The molecule has 144 valence electrons. The van der Waals surface area contributed by atoms with Gasteiger partial charge in [-0.25, -0.2) is 4.68 Å². The number of likely N-dealkylation sites (N-methyl/N-ethyl adjacent to an activating group) is 1. The van der Waals surface area contributed by atoms with Crippen LogP contribution in [0, 0.1) is 6.92 Å². The first-order chi connectivity index (χ1) is 13.0. The fourth-order valence-electron chi connectivity index (χ4n) is 3.49. The van der Waals surface area contributed by atoms with Crippen molar-refractivity contribution in [3.05, 3.63) is 42.1 Å². The van der Waals surface area contributed by atoms with E-state index in [1.54, 1.807) is 6.20 Å². The molecular formula is C20H28N5O2+. The van der Waals surface area contributed by atoms with E-state index in [0.717, 1.165) is 34.8 Å². The van der Waals surface area contributed by atoms with E-state index in [-0.39, 0.29) is 24.9 Å². The maximum atomic E-state index is 12.4. The number of hydrogen-bond acceptors (Lipinski definition) is 3. The first-order valence-electron chi connectivity index (χ1n) is 9.52. The zero-order valence-corrected chi connectivity index (χ0v) is 16.0. The standard InChI is InChI=1S/C20H27N5O2/c1-15-7-9-16(10-8-15)22-19(26)13-24(2)14-20(27)23-18-11-12-21-25(18)17-5-3-4-6-17/h7-12,17H,3-6,13-14H2,1-2H3,(H,22,26)(H,23,27)/p+1. The van der Waals surface area contributed by atoms with E-state index in [0.29, 0.717) is 6.04 Å². The summed E-state index contributed by atoms with van der Waals surface area (Å²) in [6.07, 6.45) is 6.35. The fraction of sp³-hybridized carbons (Fsp3) is 0.450. The molecule has 0 radical (unpaired) electrons. The second-order valence-corrected chi connectivity index (χ2v) is 7.37. The molecule has 27 heavy (non-hydrogen) atoms. The molecular weight excluding hydrogens is 342 g/mol. The third-order valence-electron chi connectivity index (χ3n) is 4.87. The van der Waals surface area contributed by atoms with Crippen molar-refractivity contribution < 1.29 is 14.5 Å². The van der Waals surface area contributed by atoms with Crippen molar-refractivity contribution in [2.24, 2.45) is 0 Å². The molecule has 1 unspecified atom stereocenters. The van der Waals surface area contributed by atoms with Crippen LogP contribution in [0.3, 0.4) is 0 Å². The first kappa shape index (κ1) is 19.1. The number of aromatic nitrogens is 2. The summed E-state index contributed by atoms with van der Waals surface area (Å²) in [6, 6.07) is 9.86. The number of nitrogens with one attached hydrogen (secondary N) is 3. The minimum Gasteiger partial charge on any atom is -0.322 e. The lowest BCUT2D eigenvalue weighted by Gasteiger charge is -2.16. The van der Waals surface area contributed by atoms with E-state index in [4.69, 9.17) is 0 Å². The van der Waals surface area contributed by atoms with E-state index in [2.05, 4.69) is 15.7 Å². The van der Waals surface area contributed by atoms with Crippen molar-refractivity contribution >= 4 is 23.3 Å². The van der Waals surface area contributed by atoms with Crippen LogP contribution in [0.25, 0.3) is 0 Å². The van der Waals surface area contributed by atoms with Gasteiger partial charge in [0.2, 0.25) is 0 Å². The maximum Gasteiger partial charge on any atom is 0.280 e. The summed E-state index contributed by atoms with van der Waals surface area (Å²) >= 11 is 0. The van der Waals surface area contributed by atoms with Gasteiger partial charge >= 0.3 is 0 Å². The van der Waals surface area contributed by atoms with Crippen molar-refractivity contribution in [3.63, 3.8) is 0 Å². The summed E-state index contributed by atoms with van der Waals surface area (Å²) < 4.78 is 1.92. The van der Waals surface area contributed by atoms with E-state index in [1.807, 2.05) is 49.0 Å². The molecule has 1 atom stereocenters. The summed E-state index contributed by atoms with van der Waals surface area (Å²) in [7, 11) is 1.84. The van der Waals surface area contributed by atoms with Crippen LogP contribution in [0.4, 0.5) is 11.5 Å². The van der Waals surface area contributed by atoms with Crippen LogP contribution >= 0.6 is 0 Å². The summed E-state index contributed by atoms with van der Waals surface area (Å²) in [5.41, 5.74) is 1.91. The summed E-state index contributed by atoms with van der Waals surface area (Å²) in [5.74, 6) is 0.513. The SMILES string of the molecule is Cc1ccc(NC(=O)C[NH+](C)CC(=O)Nc2ccnn2C2CCCC2)cc1. The molecule has 3 rings (SSSR count). The van der Waals surface area contributed by atoms with Gasteiger partial charge in [0.25, 0.3) is 11.8 Å². The largest absolute Gasteiger partial charge is 0.322 e. The Balaban J connectivity index is 1.47. The molecule has 1 aliphatic carbocycles. The topological polar surface area (TPSA) is 80.5 Å². The lowest BCUT2D eigenvalue weighted by molar-refractivity contribution is -0.862. The van der Waals surface area contributed by atoms with Crippen LogP contribution in [0.1, 0.15) is 37.3 Å².